The van der Waals surface area contributed by atoms with Crippen molar-refractivity contribution in [2.24, 2.45) is 0 Å². The zero-order chi connectivity index (χ0) is 20.8. The van der Waals surface area contributed by atoms with E-state index >= 15 is 0 Å². The molecule has 0 unspecified atom stereocenters. The molecule has 0 atom stereocenters. The van der Waals surface area contributed by atoms with Crippen molar-refractivity contribution in [3.8, 4) is 5.69 Å². The molecule has 0 radical (unpaired) electrons. The maximum atomic E-state index is 12.6. The van der Waals surface area contributed by atoms with Crippen molar-refractivity contribution >= 4 is 29.3 Å². The molecule has 0 aliphatic carbocycles. The highest BCUT2D eigenvalue weighted by molar-refractivity contribution is 7.99. The number of carbonyl (C=O) groups is 1. The van der Waals surface area contributed by atoms with Crippen molar-refractivity contribution in [1.29, 1.82) is 0 Å². The molecule has 3 aromatic rings. The van der Waals surface area contributed by atoms with Crippen LogP contribution in [0.4, 0.5) is 0 Å². The molecule has 0 N–H and O–H groups in total. The highest BCUT2D eigenvalue weighted by atomic mass is 35.5. The number of piperidine rings is 1. The molecular formula is C23H25ClN4OS. The molecule has 4 rings (SSSR count). The minimum atomic E-state index is 0.177. The van der Waals surface area contributed by atoms with Gasteiger partial charge in [0.2, 0.25) is 5.91 Å². The second-order valence-corrected chi connectivity index (χ2v) is 8.81. The summed E-state index contributed by atoms with van der Waals surface area (Å²) in [7, 11) is 0. The van der Waals surface area contributed by atoms with Gasteiger partial charge in [0.25, 0.3) is 0 Å². The van der Waals surface area contributed by atoms with Gasteiger partial charge >= 0.3 is 0 Å². The number of carbonyl (C=O) groups excluding carboxylic acids is 1. The molecule has 0 saturated carbocycles. The van der Waals surface area contributed by atoms with Gasteiger partial charge in [-0.25, -0.2) is 0 Å². The summed E-state index contributed by atoms with van der Waals surface area (Å²) in [5, 5.41) is 10.3. The van der Waals surface area contributed by atoms with Crippen LogP contribution in [0.5, 0.6) is 0 Å². The van der Waals surface area contributed by atoms with Gasteiger partial charge in [-0.1, -0.05) is 53.7 Å². The summed E-state index contributed by atoms with van der Waals surface area (Å²) in [5.41, 5.74) is 2.22. The Kier molecular flexibility index (Phi) is 7.07. The Hall–Kier alpha value is -2.31. The summed E-state index contributed by atoms with van der Waals surface area (Å²) >= 11 is 7.54. The number of rotatable bonds is 7. The Labute approximate surface area is 186 Å². The molecule has 2 heterocycles. The molecule has 1 aliphatic heterocycles. The average molecular weight is 441 g/mol. The van der Waals surface area contributed by atoms with Gasteiger partial charge < -0.3 is 4.90 Å². The van der Waals surface area contributed by atoms with Gasteiger partial charge in [0.15, 0.2) is 5.16 Å². The average Bonchev–Trinajstić information content (AvgIpc) is 3.20. The lowest BCUT2D eigenvalue weighted by Crippen LogP contribution is -2.36. The molecule has 1 saturated heterocycles. The summed E-state index contributed by atoms with van der Waals surface area (Å²) in [5.74, 6) is 1.44. The number of thioether (sulfide) groups is 1. The largest absolute Gasteiger partial charge is 0.342 e. The Morgan fingerprint density at radius 1 is 0.933 bits per heavy atom. The van der Waals surface area contributed by atoms with Crippen molar-refractivity contribution in [3.05, 3.63) is 71.0 Å². The number of halogens is 1. The topological polar surface area (TPSA) is 51.0 Å². The van der Waals surface area contributed by atoms with E-state index in [4.69, 9.17) is 11.6 Å². The zero-order valence-electron chi connectivity index (χ0n) is 16.8. The number of hydrogen-bond donors (Lipinski definition) is 0. The normalized spacial score (nSPS) is 14.1. The smallest absolute Gasteiger partial charge is 0.233 e. The molecule has 5 nitrogen and oxygen atoms in total. The first-order chi connectivity index (χ1) is 14.7. The Balaban J connectivity index is 1.52. The second kappa shape index (κ2) is 10.1. The highest BCUT2D eigenvalue weighted by Gasteiger charge is 2.20. The lowest BCUT2D eigenvalue weighted by Gasteiger charge is -2.26. The highest BCUT2D eigenvalue weighted by Crippen LogP contribution is 2.25. The van der Waals surface area contributed by atoms with E-state index in [2.05, 4.69) is 22.3 Å². The van der Waals surface area contributed by atoms with E-state index in [0.29, 0.717) is 10.8 Å². The number of aryl methyl sites for hydroxylation is 2. The molecule has 1 aliphatic rings. The zero-order valence-corrected chi connectivity index (χ0v) is 18.4. The van der Waals surface area contributed by atoms with Crippen LogP contribution in [0, 0.1) is 0 Å². The van der Waals surface area contributed by atoms with Crippen LogP contribution in [0.3, 0.4) is 0 Å². The molecule has 30 heavy (non-hydrogen) atoms. The summed E-state index contributed by atoms with van der Waals surface area (Å²) in [6.07, 6.45) is 5.05. The summed E-state index contributed by atoms with van der Waals surface area (Å²) < 4.78 is 2.05. The van der Waals surface area contributed by atoms with Crippen LogP contribution in [-0.4, -0.2) is 44.4 Å². The minimum Gasteiger partial charge on any atom is -0.342 e. The predicted molar refractivity (Wildman–Crippen MR) is 121 cm³/mol. The first kappa shape index (κ1) is 20.9. The van der Waals surface area contributed by atoms with E-state index in [9.17, 15) is 4.79 Å². The number of hydrogen-bond acceptors (Lipinski definition) is 4. The Morgan fingerprint density at radius 3 is 2.40 bits per heavy atom. The fourth-order valence-electron chi connectivity index (χ4n) is 3.67. The number of amides is 1. The monoisotopic (exact) mass is 440 g/mol. The van der Waals surface area contributed by atoms with E-state index in [-0.39, 0.29) is 5.91 Å². The fraction of sp³-hybridized carbons (Fsp3) is 0.348. The van der Waals surface area contributed by atoms with Crippen LogP contribution < -0.4 is 0 Å². The maximum absolute atomic E-state index is 12.6. The van der Waals surface area contributed by atoms with Crippen LogP contribution in [-0.2, 0) is 17.6 Å². The van der Waals surface area contributed by atoms with E-state index in [0.717, 1.165) is 55.4 Å². The molecule has 0 bridgehead atoms. The lowest BCUT2D eigenvalue weighted by atomic mass is 10.1. The first-order valence-corrected chi connectivity index (χ1v) is 11.7. The van der Waals surface area contributed by atoms with Gasteiger partial charge in [-0.05, 0) is 55.5 Å². The molecule has 1 amide bonds. The van der Waals surface area contributed by atoms with Gasteiger partial charge in [-0.15, -0.1) is 10.2 Å². The van der Waals surface area contributed by atoms with E-state index in [1.807, 2.05) is 51.9 Å². The number of likely N-dealkylation sites (tertiary alicyclic amines) is 1. The van der Waals surface area contributed by atoms with Crippen molar-refractivity contribution in [2.75, 3.05) is 18.8 Å². The van der Waals surface area contributed by atoms with Crippen molar-refractivity contribution < 1.29 is 4.79 Å². The van der Waals surface area contributed by atoms with Crippen LogP contribution in [0.25, 0.3) is 5.69 Å². The molecule has 7 heteroatoms. The Morgan fingerprint density at radius 2 is 1.67 bits per heavy atom. The van der Waals surface area contributed by atoms with Crippen molar-refractivity contribution in [2.45, 2.75) is 37.3 Å². The van der Waals surface area contributed by atoms with Gasteiger partial charge in [0.05, 0.1) is 5.75 Å². The van der Waals surface area contributed by atoms with Crippen molar-refractivity contribution in [1.82, 2.24) is 19.7 Å². The lowest BCUT2D eigenvalue weighted by molar-refractivity contribution is -0.129. The third kappa shape index (κ3) is 5.24. The molecule has 1 aromatic heterocycles. The van der Waals surface area contributed by atoms with Crippen molar-refractivity contribution in [3.63, 3.8) is 0 Å². The van der Waals surface area contributed by atoms with E-state index < -0.39 is 0 Å². The molecule has 1 fully saturated rings. The fourth-order valence-corrected chi connectivity index (χ4v) is 4.67. The van der Waals surface area contributed by atoms with E-state index in [1.54, 1.807) is 0 Å². The van der Waals surface area contributed by atoms with Gasteiger partial charge in [-0.3, -0.25) is 9.36 Å². The quantitative estimate of drug-likeness (QED) is 0.494. The van der Waals surface area contributed by atoms with E-state index in [1.165, 1.54) is 23.7 Å². The van der Waals surface area contributed by atoms with Crippen LogP contribution in [0.15, 0.2) is 59.8 Å². The summed E-state index contributed by atoms with van der Waals surface area (Å²) in [6.45, 7) is 1.73. The molecule has 0 spiro atoms. The predicted octanol–water partition coefficient (Wildman–Crippen LogP) is 4.81. The third-order valence-electron chi connectivity index (χ3n) is 5.30. The minimum absolute atomic E-state index is 0.177. The first-order valence-electron chi connectivity index (χ1n) is 10.4. The standard InChI is InChI=1S/C23H25ClN4OS/c24-19-10-12-20(13-11-19)28-21(14-9-18-7-3-1-4-8-18)25-26-23(28)30-17-22(29)27-15-5-2-6-16-27/h1,3-4,7-8,10-13H,2,5-6,9,14-17H2. The number of aromatic nitrogens is 3. The Bertz CT molecular complexity index is 969. The van der Waals surface area contributed by atoms with Crippen LogP contribution in [0.2, 0.25) is 5.02 Å². The number of nitrogens with zero attached hydrogens (tertiary/aromatic N) is 4. The van der Waals surface area contributed by atoms with Crippen LogP contribution >= 0.6 is 23.4 Å². The van der Waals surface area contributed by atoms with Gasteiger partial charge in [0.1, 0.15) is 5.82 Å². The molecule has 2 aromatic carbocycles. The van der Waals surface area contributed by atoms with Gasteiger partial charge in [-0.2, -0.15) is 0 Å². The SMILES string of the molecule is O=C(CSc1nnc(CCc2ccccc2)n1-c1ccc(Cl)cc1)N1CCCCC1. The maximum Gasteiger partial charge on any atom is 0.233 e. The number of benzene rings is 2. The second-order valence-electron chi connectivity index (χ2n) is 7.43. The van der Waals surface area contributed by atoms with Crippen LogP contribution in [0.1, 0.15) is 30.7 Å². The molecule has 156 valence electrons. The third-order valence-corrected chi connectivity index (χ3v) is 6.46. The summed E-state index contributed by atoms with van der Waals surface area (Å²) in [4.78, 5) is 14.6. The van der Waals surface area contributed by atoms with Gasteiger partial charge in [0, 0.05) is 30.2 Å². The molecular weight excluding hydrogens is 416 g/mol. The summed E-state index contributed by atoms with van der Waals surface area (Å²) in [6, 6.07) is 18.0.